The van der Waals surface area contributed by atoms with Crippen molar-refractivity contribution in [3.05, 3.63) is 23.2 Å². The summed E-state index contributed by atoms with van der Waals surface area (Å²) in [5, 5.41) is 8.03. The summed E-state index contributed by atoms with van der Waals surface area (Å²) in [7, 11) is 0. The third-order valence-electron chi connectivity index (χ3n) is 2.56. The van der Waals surface area contributed by atoms with Gasteiger partial charge in [-0.05, 0) is 30.7 Å². The molecule has 3 heterocycles. The predicted molar refractivity (Wildman–Crippen MR) is 66.9 cm³/mol. The average molecular weight is 236 g/mol. The van der Waals surface area contributed by atoms with Gasteiger partial charge in [-0.1, -0.05) is 17.4 Å². The normalized spacial score (nSPS) is 15.5. The van der Waals surface area contributed by atoms with Crippen molar-refractivity contribution in [1.29, 1.82) is 0 Å². The van der Waals surface area contributed by atoms with Gasteiger partial charge >= 0.3 is 0 Å². The van der Waals surface area contributed by atoms with E-state index in [1.807, 2.05) is 0 Å². The van der Waals surface area contributed by atoms with Gasteiger partial charge in [-0.2, -0.15) is 0 Å². The Balaban J connectivity index is 1.99. The maximum Gasteiger partial charge on any atom is 0.135 e. The Hall–Kier alpha value is -0.870. The van der Waals surface area contributed by atoms with Crippen molar-refractivity contribution in [1.82, 2.24) is 4.98 Å². The summed E-state index contributed by atoms with van der Waals surface area (Å²) in [6.07, 6.45) is 3.65. The van der Waals surface area contributed by atoms with E-state index in [1.54, 1.807) is 22.7 Å². The van der Waals surface area contributed by atoms with Crippen LogP contribution in [0.4, 0.5) is 5.00 Å². The number of aryl methyl sites for hydroxylation is 1. The second kappa shape index (κ2) is 3.94. The van der Waals surface area contributed by atoms with Gasteiger partial charge in [-0.3, -0.25) is 0 Å². The number of anilines is 1. The van der Waals surface area contributed by atoms with E-state index in [2.05, 4.69) is 22.8 Å². The zero-order valence-electron chi connectivity index (χ0n) is 8.32. The van der Waals surface area contributed by atoms with E-state index in [9.17, 15) is 0 Å². The van der Waals surface area contributed by atoms with Crippen molar-refractivity contribution < 1.29 is 0 Å². The van der Waals surface area contributed by atoms with Crippen LogP contribution in [0.5, 0.6) is 0 Å². The van der Waals surface area contributed by atoms with Crippen LogP contribution in [0, 0.1) is 0 Å². The van der Waals surface area contributed by atoms with Gasteiger partial charge in [0.2, 0.25) is 0 Å². The highest BCUT2D eigenvalue weighted by Gasteiger charge is 2.14. The monoisotopic (exact) mass is 236 g/mol. The predicted octanol–water partition coefficient (Wildman–Crippen LogP) is 3.62. The SMILES string of the molecule is c1csc(-c2nc3c(s2)NCCCC3)c1. The van der Waals surface area contributed by atoms with Gasteiger partial charge in [-0.15, -0.1) is 11.3 Å². The van der Waals surface area contributed by atoms with Gasteiger partial charge < -0.3 is 5.32 Å². The number of rotatable bonds is 1. The average Bonchev–Trinajstić information content (AvgIpc) is 2.84. The van der Waals surface area contributed by atoms with E-state index in [0.29, 0.717) is 0 Å². The zero-order valence-corrected chi connectivity index (χ0v) is 9.96. The van der Waals surface area contributed by atoms with Crippen molar-refractivity contribution in [2.24, 2.45) is 0 Å². The van der Waals surface area contributed by atoms with E-state index in [0.717, 1.165) is 13.0 Å². The molecule has 4 heteroatoms. The molecule has 2 aromatic rings. The first-order chi connectivity index (χ1) is 7.43. The Bertz CT molecular complexity index is 422. The Morgan fingerprint density at radius 1 is 1.33 bits per heavy atom. The lowest BCUT2D eigenvalue weighted by molar-refractivity contribution is 0.775. The van der Waals surface area contributed by atoms with Crippen LogP contribution in [0.3, 0.4) is 0 Å². The van der Waals surface area contributed by atoms with Crippen molar-refractivity contribution in [3.8, 4) is 9.88 Å². The van der Waals surface area contributed by atoms with Gasteiger partial charge in [0.1, 0.15) is 10.0 Å². The fraction of sp³-hybridized carbons (Fsp3) is 0.364. The van der Waals surface area contributed by atoms with E-state index in [1.165, 1.54) is 33.4 Å². The molecule has 0 saturated carbocycles. The summed E-state index contributed by atoms with van der Waals surface area (Å²) in [5.41, 5.74) is 1.26. The molecule has 0 saturated heterocycles. The first kappa shape index (κ1) is 9.36. The Kier molecular flexibility index (Phi) is 2.46. The van der Waals surface area contributed by atoms with Crippen molar-refractivity contribution in [2.45, 2.75) is 19.3 Å². The number of thiophene rings is 1. The van der Waals surface area contributed by atoms with E-state index in [-0.39, 0.29) is 0 Å². The second-order valence-corrected chi connectivity index (χ2v) is 5.60. The Morgan fingerprint density at radius 3 is 3.20 bits per heavy atom. The lowest BCUT2D eigenvalue weighted by atomic mass is 10.2. The molecule has 0 unspecified atom stereocenters. The van der Waals surface area contributed by atoms with Crippen LogP contribution in [0.25, 0.3) is 9.88 Å². The lowest BCUT2D eigenvalue weighted by Crippen LogP contribution is -1.96. The number of aromatic nitrogens is 1. The summed E-state index contributed by atoms with van der Waals surface area (Å²) in [5.74, 6) is 0. The molecule has 2 aromatic heterocycles. The van der Waals surface area contributed by atoms with Crippen LogP contribution in [0.1, 0.15) is 18.5 Å². The highest BCUT2D eigenvalue weighted by molar-refractivity contribution is 7.23. The minimum Gasteiger partial charge on any atom is -0.375 e. The van der Waals surface area contributed by atoms with E-state index >= 15 is 0 Å². The molecule has 0 atom stereocenters. The molecule has 0 aromatic carbocycles. The van der Waals surface area contributed by atoms with E-state index < -0.39 is 0 Å². The molecule has 0 amide bonds. The summed E-state index contributed by atoms with van der Waals surface area (Å²) in [6.45, 7) is 1.10. The van der Waals surface area contributed by atoms with Crippen LogP contribution < -0.4 is 5.32 Å². The summed E-state index contributed by atoms with van der Waals surface area (Å²) < 4.78 is 0. The zero-order chi connectivity index (χ0) is 10.1. The van der Waals surface area contributed by atoms with Gasteiger partial charge in [0, 0.05) is 6.54 Å². The first-order valence-corrected chi connectivity index (χ1v) is 6.90. The third kappa shape index (κ3) is 1.79. The van der Waals surface area contributed by atoms with Gasteiger partial charge in [0.05, 0.1) is 10.6 Å². The molecule has 1 aliphatic heterocycles. The van der Waals surface area contributed by atoms with Crippen LogP contribution in [-0.2, 0) is 6.42 Å². The molecule has 0 radical (unpaired) electrons. The molecule has 0 spiro atoms. The van der Waals surface area contributed by atoms with Gasteiger partial charge in [0.15, 0.2) is 0 Å². The van der Waals surface area contributed by atoms with Crippen LogP contribution in [0.2, 0.25) is 0 Å². The lowest BCUT2D eigenvalue weighted by Gasteiger charge is -1.96. The molecule has 15 heavy (non-hydrogen) atoms. The number of nitrogens with one attached hydrogen (secondary N) is 1. The minimum atomic E-state index is 1.10. The topological polar surface area (TPSA) is 24.9 Å². The second-order valence-electron chi connectivity index (χ2n) is 3.66. The van der Waals surface area contributed by atoms with Crippen molar-refractivity contribution in [3.63, 3.8) is 0 Å². The Labute approximate surface area is 97.0 Å². The first-order valence-electron chi connectivity index (χ1n) is 5.21. The number of nitrogens with zero attached hydrogens (tertiary/aromatic N) is 1. The van der Waals surface area contributed by atoms with Crippen LogP contribution >= 0.6 is 22.7 Å². The summed E-state index contributed by atoms with van der Waals surface area (Å²) in [4.78, 5) is 6.01. The maximum atomic E-state index is 4.72. The molecule has 78 valence electrons. The van der Waals surface area contributed by atoms with Crippen LogP contribution in [-0.4, -0.2) is 11.5 Å². The molecular formula is C11H12N2S2. The van der Waals surface area contributed by atoms with Crippen molar-refractivity contribution in [2.75, 3.05) is 11.9 Å². The molecule has 3 rings (SSSR count). The fourth-order valence-corrected chi connectivity index (χ4v) is 3.62. The molecular weight excluding hydrogens is 224 g/mol. The smallest absolute Gasteiger partial charge is 0.135 e. The molecule has 0 fully saturated rings. The third-order valence-corrected chi connectivity index (χ3v) is 4.65. The largest absolute Gasteiger partial charge is 0.375 e. The number of thiazole rings is 1. The minimum absolute atomic E-state index is 1.10. The number of hydrogen-bond acceptors (Lipinski definition) is 4. The molecule has 0 bridgehead atoms. The molecule has 0 aliphatic carbocycles. The quantitative estimate of drug-likeness (QED) is 0.818. The fourth-order valence-electron chi connectivity index (χ4n) is 1.78. The van der Waals surface area contributed by atoms with E-state index in [4.69, 9.17) is 4.98 Å². The van der Waals surface area contributed by atoms with Crippen molar-refractivity contribution >= 4 is 27.7 Å². The summed E-state index contributed by atoms with van der Waals surface area (Å²) >= 11 is 3.56. The number of fused-ring (bicyclic) bond motifs is 1. The molecule has 1 N–H and O–H groups in total. The number of hydrogen-bond donors (Lipinski definition) is 1. The highest BCUT2D eigenvalue weighted by Crippen LogP contribution is 2.35. The maximum absolute atomic E-state index is 4.72. The molecule has 1 aliphatic rings. The Morgan fingerprint density at radius 2 is 2.33 bits per heavy atom. The highest BCUT2D eigenvalue weighted by atomic mass is 32.1. The van der Waals surface area contributed by atoms with Gasteiger partial charge in [0.25, 0.3) is 0 Å². The standard InChI is InChI=1S/C11H12N2S2/c1-2-6-12-10-8(4-1)13-11(15-10)9-5-3-7-14-9/h3,5,7,12H,1-2,4,6H2. The summed E-state index contributed by atoms with van der Waals surface area (Å²) in [6, 6.07) is 4.23. The molecule has 2 nitrogen and oxygen atoms in total. The van der Waals surface area contributed by atoms with Gasteiger partial charge in [-0.25, -0.2) is 4.98 Å². The van der Waals surface area contributed by atoms with Crippen LogP contribution in [0.15, 0.2) is 17.5 Å².